The van der Waals surface area contributed by atoms with Gasteiger partial charge in [-0.15, -0.1) is 10.0 Å². The Morgan fingerprint density at radius 1 is 1.50 bits per heavy atom. The van der Waals surface area contributed by atoms with Gasteiger partial charge in [0.05, 0.1) is 17.3 Å². The molecular weight excluding hydrogens is 282 g/mol. The highest BCUT2D eigenvalue weighted by atomic mass is 35.5. The second-order valence-corrected chi connectivity index (χ2v) is 5.70. The third-order valence-corrected chi connectivity index (χ3v) is 4.18. The molecule has 0 amide bonds. The summed E-state index contributed by atoms with van der Waals surface area (Å²) in [5.74, 6) is -0.575. The molecule has 9 heteroatoms. The highest BCUT2D eigenvalue weighted by Crippen LogP contribution is 2.35. The third-order valence-electron chi connectivity index (χ3n) is 2.36. The fourth-order valence-electron chi connectivity index (χ4n) is 1.52. The van der Waals surface area contributed by atoms with Gasteiger partial charge >= 0.3 is 0 Å². The van der Waals surface area contributed by atoms with Crippen LogP contribution in [0.15, 0.2) is 17.0 Å². The number of nitrogens with zero attached hydrogens (tertiary/aromatic N) is 1. The van der Waals surface area contributed by atoms with Crippen molar-refractivity contribution in [1.82, 2.24) is 10.0 Å². The molecule has 1 fully saturated rings. The molecule has 1 aromatic rings. The molecule has 18 heavy (non-hydrogen) atoms. The van der Waals surface area contributed by atoms with Gasteiger partial charge < -0.3 is 10.8 Å². The smallest absolute Gasteiger partial charge is 0.260 e. The number of hydrazine groups is 1. The number of hydrogen-bond acceptors (Lipinski definition) is 6. The minimum atomic E-state index is -4.04. The van der Waals surface area contributed by atoms with Crippen LogP contribution in [-0.2, 0) is 14.9 Å². The van der Waals surface area contributed by atoms with Crippen molar-refractivity contribution in [3.05, 3.63) is 17.2 Å². The van der Waals surface area contributed by atoms with Crippen molar-refractivity contribution in [3.8, 4) is 5.75 Å². The second-order valence-electron chi connectivity index (χ2n) is 3.70. The molecule has 1 heterocycles. The predicted molar refractivity (Wildman–Crippen MR) is 65.1 cm³/mol. The largest absolute Gasteiger partial charge is 0.504 e. The summed E-state index contributed by atoms with van der Waals surface area (Å²) < 4.78 is 24.1. The number of anilines is 1. The Morgan fingerprint density at radius 3 is 2.83 bits per heavy atom. The first-order valence-electron chi connectivity index (χ1n) is 5.11. The number of aromatic hydroxyl groups is 1. The van der Waals surface area contributed by atoms with E-state index in [1.807, 2.05) is 0 Å². The first kappa shape index (κ1) is 13.4. The Balaban J connectivity index is 2.37. The highest BCUT2D eigenvalue weighted by molar-refractivity contribution is 7.89. The normalized spacial score (nSPS) is 17.2. The number of phenols is 1. The van der Waals surface area contributed by atoms with Gasteiger partial charge in [-0.3, -0.25) is 4.84 Å². The Bertz CT molecular complexity index is 557. The molecule has 0 atom stereocenters. The molecule has 2 rings (SSSR count). The van der Waals surface area contributed by atoms with Crippen molar-refractivity contribution in [2.45, 2.75) is 11.3 Å². The fraction of sp³-hybridized carbons (Fsp3) is 0.333. The molecular formula is C9H12ClN3O4S. The van der Waals surface area contributed by atoms with Crippen molar-refractivity contribution < 1.29 is 18.4 Å². The number of benzene rings is 1. The van der Waals surface area contributed by atoms with Gasteiger partial charge in [0.25, 0.3) is 10.0 Å². The van der Waals surface area contributed by atoms with E-state index in [-0.39, 0.29) is 10.7 Å². The van der Waals surface area contributed by atoms with Crippen LogP contribution in [0.4, 0.5) is 5.69 Å². The minimum absolute atomic E-state index is 0.0675. The SMILES string of the molecule is Nc1ccc(Cl)c(S(=O)(=O)NN2CCCO2)c1O. The monoisotopic (exact) mass is 293 g/mol. The lowest BCUT2D eigenvalue weighted by atomic mass is 10.3. The number of sulfonamides is 1. The molecule has 100 valence electrons. The Kier molecular flexibility index (Phi) is 3.64. The highest BCUT2D eigenvalue weighted by Gasteiger charge is 2.27. The molecule has 0 aromatic heterocycles. The number of halogens is 1. The van der Waals surface area contributed by atoms with Gasteiger partial charge in [-0.25, -0.2) is 8.42 Å². The van der Waals surface area contributed by atoms with Gasteiger partial charge in [-0.2, -0.15) is 0 Å². The van der Waals surface area contributed by atoms with Crippen LogP contribution in [0.5, 0.6) is 5.75 Å². The predicted octanol–water partition coefficient (Wildman–Crippen LogP) is 0.458. The van der Waals surface area contributed by atoms with Gasteiger partial charge in [0, 0.05) is 6.54 Å². The standard InChI is InChI=1S/C9H12ClN3O4S/c10-6-2-3-7(11)8(14)9(6)18(15,16)12-13-4-1-5-17-13/h2-3,12,14H,1,4-5,11H2. The van der Waals surface area contributed by atoms with Crippen molar-refractivity contribution >= 4 is 27.3 Å². The zero-order chi connectivity index (χ0) is 13.3. The van der Waals surface area contributed by atoms with E-state index in [2.05, 4.69) is 4.83 Å². The second kappa shape index (κ2) is 4.90. The molecule has 1 aromatic carbocycles. The minimum Gasteiger partial charge on any atom is -0.504 e. The first-order valence-corrected chi connectivity index (χ1v) is 6.98. The third kappa shape index (κ3) is 2.52. The molecule has 0 radical (unpaired) electrons. The summed E-state index contributed by atoms with van der Waals surface area (Å²) in [4.78, 5) is 6.71. The van der Waals surface area contributed by atoms with E-state index in [9.17, 15) is 13.5 Å². The summed E-state index contributed by atoms with van der Waals surface area (Å²) in [5, 5.41) is 10.7. The van der Waals surface area contributed by atoms with Gasteiger partial charge in [0.15, 0.2) is 5.75 Å². The fourth-order valence-corrected chi connectivity index (χ4v) is 3.17. The average molecular weight is 294 g/mol. The summed E-state index contributed by atoms with van der Waals surface area (Å²) in [5.41, 5.74) is 5.38. The number of hydrogen-bond donors (Lipinski definition) is 3. The lowest BCUT2D eigenvalue weighted by Crippen LogP contribution is -2.39. The Labute approximate surface area is 109 Å². The van der Waals surface area contributed by atoms with Crippen LogP contribution in [0.2, 0.25) is 5.02 Å². The number of nitrogen functional groups attached to an aromatic ring is 1. The Hall–Kier alpha value is -1.06. The molecule has 0 saturated carbocycles. The molecule has 1 aliphatic heterocycles. The summed E-state index contributed by atoms with van der Waals surface area (Å²) in [7, 11) is -4.04. The van der Waals surface area contributed by atoms with E-state index in [1.54, 1.807) is 0 Å². The molecule has 1 saturated heterocycles. The van der Waals surface area contributed by atoms with Crippen molar-refractivity contribution in [2.75, 3.05) is 18.9 Å². The maximum atomic E-state index is 12.0. The number of nitrogens with two attached hydrogens (primary N) is 1. The van der Waals surface area contributed by atoms with E-state index >= 15 is 0 Å². The van der Waals surface area contributed by atoms with E-state index < -0.39 is 20.7 Å². The number of nitrogens with one attached hydrogen (secondary N) is 1. The van der Waals surface area contributed by atoms with E-state index in [1.165, 1.54) is 12.1 Å². The van der Waals surface area contributed by atoms with Gasteiger partial charge in [0.2, 0.25) is 0 Å². The topological polar surface area (TPSA) is 105 Å². The van der Waals surface area contributed by atoms with Crippen LogP contribution in [0.25, 0.3) is 0 Å². The molecule has 1 aliphatic rings. The summed E-state index contributed by atoms with van der Waals surface area (Å²) in [6.45, 7) is 0.846. The average Bonchev–Trinajstić information content (AvgIpc) is 2.75. The first-order chi connectivity index (χ1) is 8.42. The summed E-state index contributed by atoms with van der Waals surface area (Å²) in [6.07, 6.45) is 0.708. The van der Waals surface area contributed by atoms with Gasteiger partial charge in [-0.1, -0.05) is 11.6 Å². The quantitative estimate of drug-likeness (QED) is 0.552. The van der Waals surface area contributed by atoms with Crippen LogP contribution in [0.1, 0.15) is 6.42 Å². The lowest BCUT2D eigenvalue weighted by molar-refractivity contribution is -0.129. The van der Waals surface area contributed by atoms with E-state index in [0.717, 1.165) is 5.17 Å². The molecule has 0 bridgehead atoms. The molecule has 7 nitrogen and oxygen atoms in total. The van der Waals surface area contributed by atoms with Crippen LogP contribution in [0.3, 0.4) is 0 Å². The molecule has 4 N–H and O–H groups in total. The van der Waals surface area contributed by atoms with Crippen LogP contribution in [-0.4, -0.2) is 31.8 Å². The number of phenolic OH excluding ortho intramolecular Hbond substituents is 1. The molecule has 0 aliphatic carbocycles. The van der Waals surface area contributed by atoms with Crippen LogP contribution in [0, 0.1) is 0 Å². The van der Waals surface area contributed by atoms with Crippen molar-refractivity contribution in [1.29, 1.82) is 0 Å². The number of rotatable bonds is 3. The van der Waals surface area contributed by atoms with Gasteiger partial charge in [0.1, 0.15) is 4.90 Å². The zero-order valence-electron chi connectivity index (χ0n) is 9.26. The molecule has 0 unspecified atom stereocenters. The summed E-state index contributed by atoms with van der Waals surface area (Å²) in [6, 6.07) is 2.62. The molecule has 0 spiro atoms. The summed E-state index contributed by atoms with van der Waals surface area (Å²) >= 11 is 5.78. The Morgan fingerprint density at radius 2 is 2.22 bits per heavy atom. The maximum absolute atomic E-state index is 12.0. The zero-order valence-corrected chi connectivity index (χ0v) is 10.8. The number of hydroxylamine groups is 1. The van der Waals surface area contributed by atoms with Crippen LogP contribution >= 0.6 is 11.6 Å². The van der Waals surface area contributed by atoms with Gasteiger partial charge in [-0.05, 0) is 18.6 Å². The van der Waals surface area contributed by atoms with E-state index in [4.69, 9.17) is 22.2 Å². The maximum Gasteiger partial charge on any atom is 0.260 e. The lowest BCUT2D eigenvalue weighted by Gasteiger charge is -2.17. The van der Waals surface area contributed by atoms with Crippen molar-refractivity contribution in [2.24, 2.45) is 0 Å². The van der Waals surface area contributed by atoms with E-state index in [0.29, 0.717) is 19.6 Å². The van der Waals surface area contributed by atoms with Crippen LogP contribution < -0.4 is 10.6 Å². The van der Waals surface area contributed by atoms with Crippen molar-refractivity contribution in [3.63, 3.8) is 0 Å².